The SMILES string of the molecule is C[C@]1(c2nc(NC(=O)c3ncc(C#N)cc3Cl)ccc2F)C[C@@H](C(F)(F)F)OC(N)=N1. The summed E-state index contributed by atoms with van der Waals surface area (Å²) >= 11 is 5.94. The van der Waals surface area contributed by atoms with E-state index in [1.165, 1.54) is 13.0 Å². The zero-order valence-electron chi connectivity index (χ0n) is 15.7. The van der Waals surface area contributed by atoms with Crippen molar-refractivity contribution in [1.82, 2.24) is 9.97 Å². The number of nitrogens with one attached hydrogen (secondary N) is 1. The minimum Gasteiger partial charge on any atom is -0.452 e. The van der Waals surface area contributed by atoms with E-state index in [4.69, 9.17) is 22.6 Å². The van der Waals surface area contributed by atoms with E-state index >= 15 is 0 Å². The summed E-state index contributed by atoms with van der Waals surface area (Å²) in [4.78, 5) is 24.0. The molecule has 3 rings (SSSR count). The average Bonchev–Trinajstić information content (AvgIpc) is 2.67. The number of nitrogens with zero attached hydrogens (tertiary/aromatic N) is 4. The number of aromatic nitrogens is 2. The number of amidine groups is 1. The molecule has 0 bridgehead atoms. The minimum absolute atomic E-state index is 0.110. The molecule has 0 saturated carbocycles. The number of rotatable bonds is 3. The van der Waals surface area contributed by atoms with Crippen LogP contribution in [0.25, 0.3) is 0 Å². The van der Waals surface area contributed by atoms with Gasteiger partial charge in [0, 0.05) is 12.6 Å². The number of ether oxygens (including phenoxy) is 1. The number of pyridine rings is 2. The monoisotopic (exact) mass is 456 g/mol. The van der Waals surface area contributed by atoms with Crippen LogP contribution in [0.4, 0.5) is 23.4 Å². The fourth-order valence-electron chi connectivity index (χ4n) is 2.93. The highest BCUT2D eigenvalue weighted by Gasteiger charge is 2.50. The van der Waals surface area contributed by atoms with Gasteiger partial charge in [0.15, 0.2) is 6.10 Å². The van der Waals surface area contributed by atoms with E-state index in [2.05, 4.69) is 25.0 Å². The predicted molar refractivity (Wildman–Crippen MR) is 101 cm³/mol. The van der Waals surface area contributed by atoms with Gasteiger partial charge in [-0.3, -0.25) is 4.79 Å². The second-order valence-electron chi connectivity index (χ2n) is 6.72. The Labute approximate surface area is 177 Å². The van der Waals surface area contributed by atoms with Crippen LogP contribution in [-0.4, -0.2) is 34.2 Å². The first-order chi connectivity index (χ1) is 14.4. The molecule has 3 heterocycles. The maximum Gasteiger partial charge on any atom is 0.425 e. The quantitative estimate of drug-likeness (QED) is 0.682. The predicted octanol–water partition coefficient (Wildman–Crippen LogP) is 3.27. The molecule has 0 spiro atoms. The van der Waals surface area contributed by atoms with Crippen LogP contribution in [0.3, 0.4) is 0 Å². The topological polar surface area (TPSA) is 126 Å². The Morgan fingerprint density at radius 3 is 2.77 bits per heavy atom. The van der Waals surface area contributed by atoms with E-state index < -0.39 is 47.7 Å². The smallest absolute Gasteiger partial charge is 0.425 e. The molecule has 2 aromatic heterocycles. The number of anilines is 1. The second-order valence-corrected chi connectivity index (χ2v) is 7.13. The van der Waals surface area contributed by atoms with Crippen molar-refractivity contribution in [2.45, 2.75) is 31.2 Å². The minimum atomic E-state index is -4.76. The number of nitrogens with two attached hydrogens (primary N) is 1. The lowest BCUT2D eigenvalue weighted by Gasteiger charge is -2.35. The van der Waals surface area contributed by atoms with Crippen LogP contribution in [-0.2, 0) is 10.3 Å². The van der Waals surface area contributed by atoms with E-state index in [9.17, 15) is 22.4 Å². The molecule has 8 nitrogen and oxygen atoms in total. The summed E-state index contributed by atoms with van der Waals surface area (Å²) in [5, 5.41) is 11.0. The van der Waals surface area contributed by atoms with Crippen molar-refractivity contribution in [2.24, 2.45) is 10.7 Å². The van der Waals surface area contributed by atoms with Gasteiger partial charge in [-0.15, -0.1) is 0 Å². The van der Waals surface area contributed by atoms with E-state index in [-0.39, 0.29) is 22.1 Å². The molecular weight excluding hydrogens is 444 g/mol. The van der Waals surface area contributed by atoms with E-state index in [0.717, 1.165) is 18.3 Å². The molecule has 1 amide bonds. The third kappa shape index (κ3) is 4.66. The summed E-state index contributed by atoms with van der Waals surface area (Å²) in [5.41, 5.74) is 3.01. The zero-order valence-corrected chi connectivity index (χ0v) is 16.4. The summed E-state index contributed by atoms with van der Waals surface area (Å²) in [5.74, 6) is -1.96. The number of carbonyl (C=O) groups excluding carboxylic acids is 1. The van der Waals surface area contributed by atoms with Gasteiger partial charge in [0.1, 0.15) is 34.6 Å². The fourth-order valence-corrected chi connectivity index (χ4v) is 3.18. The van der Waals surface area contributed by atoms with Crippen molar-refractivity contribution in [3.8, 4) is 6.07 Å². The van der Waals surface area contributed by atoms with Gasteiger partial charge >= 0.3 is 6.18 Å². The first-order valence-electron chi connectivity index (χ1n) is 8.55. The van der Waals surface area contributed by atoms with Crippen LogP contribution in [0.15, 0.2) is 29.4 Å². The Balaban J connectivity index is 1.93. The molecule has 0 aromatic carbocycles. The van der Waals surface area contributed by atoms with Crippen molar-refractivity contribution in [3.05, 3.63) is 52.2 Å². The first kappa shape index (κ1) is 22.2. The summed E-state index contributed by atoms with van der Waals surface area (Å²) in [7, 11) is 0. The lowest BCUT2D eigenvalue weighted by atomic mass is 9.89. The number of aliphatic imine (C=N–C) groups is 1. The van der Waals surface area contributed by atoms with Gasteiger partial charge in [0.25, 0.3) is 11.9 Å². The van der Waals surface area contributed by atoms with Crippen LogP contribution in [0.5, 0.6) is 0 Å². The molecule has 0 saturated heterocycles. The largest absolute Gasteiger partial charge is 0.452 e. The third-order valence-electron chi connectivity index (χ3n) is 4.35. The number of amides is 1. The Kier molecular flexibility index (Phi) is 5.73. The molecule has 0 fully saturated rings. The fraction of sp³-hybridized carbons (Fsp3) is 0.278. The lowest BCUT2D eigenvalue weighted by molar-refractivity contribution is -0.208. The lowest BCUT2D eigenvalue weighted by Crippen LogP contribution is -2.46. The third-order valence-corrected chi connectivity index (χ3v) is 4.64. The Hall–Kier alpha value is -3.46. The van der Waals surface area contributed by atoms with Crippen molar-refractivity contribution >= 4 is 29.3 Å². The van der Waals surface area contributed by atoms with Crippen LogP contribution in [0.2, 0.25) is 5.02 Å². The van der Waals surface area contributed by atoms with Crippen LogP contribution in [0, 0.1) is 17.1 Å². The highest BCUT2D eigenvalue weighted by Crippen LogP contribution is 2.40. The Morgan fingerprint density at radius 2 is 2.16 bits per heavy atom. The van der Waals surface area contributed by atoms with Crippen molar-refractivity contribution in [3.63, 3.8) is 0 Å². The molecule has 0 unspecified atom stereocenters. The van der Waals surface area contributed by atoms with Gasteiger partial charge in [0.05, 0.1) is 10.6 Å². The van der Waals surface area contributed by atoms with Crippen molar-refractivity contribution < 1.29 is 27.1 Å². The zero-order chi connectivity index (χ0) is 23.0. The van der Waals surface area contributed by atoms with E-state index in [1.54, 1.807) is 0 Å². The molecule has 3 N–H and O–H groups in total. The van der Waals surface area contributed by atoms with Gasteiger partial charge in [-0.2, -0.15) is 18.4 Å². The first-order valence-corrected chi connectivity index (χ1v) is 8.93. The Bertz CT molecular complexity index is 1120. The highest BCUT2D eigenvalue weighted by molar-refractivity contribution is 6.34. The standard InChI is InChI=1S/C18H13ClF4N6O2/c1-17(5-11(18(21,22)23)31-16(25)29-17)14-10(20)2-3-12(27-14)28-15(30)13-9(19)4-8(6-24)7-26-13/h2-4,7,11H,5H2,1H3,(H2,25,29)(H,27,28,30)/t11-,17+/m0/s1. The molecule has 31 heavy (non-hydrogen) atoms. The van der Waals surface area contributed by atoms with E-state index in [0.29, 0.717) is 0 Å². The number of nitriles is 1. The molecule has 1 aliphatic rings. The normalized spacial score (nSPS) is 20.9. The van der Waals surface area contributed by atoms with E-state index in [1.807, 2.05) is 6.07 Å². The van der Waals surface area contributed by atoms with Gasteiger partial charge in [-0.25, -0.2) is 19.4 Å². The van der Waals surface area contributed by atoms with Gasteiger partial charge in [-0.05, 0) is 25.1 Å². The molecule has 0 radical (unpaired) electrons. The van der Waals surface area contributed by atoms with Crippen molar-refractivity contribution in [2.75, 3.05) is 5.32 Å². The Morgan fingerprint density at radius 1 is 1.45 bits per heavy atom. The molecule has 162 valence electrons. The summed E-state index contributed by atoms with van der Waals surface area (Å²) in [6.45, 7) is 1.22. The maximum absolute atomic E-state index is 14.5. The van der Waals surface area contributed by atoms with Crippen LogP contribution >= 0.6 is 11.6 Å². The van der Waals surface area contributed by atoms with Gasteiger partial charge in [-0.1, -0.05) is 11.6 Å². The van der Waals surface area contributed by atoms with Crippen molar-refractivity contribution in [1.29, 1.82) is 5.26 Å². The van der Waals surface area contributed by atoms with Crippen LogP contribution in [0.1, 0.15) is 35.1 Å². The van der Waals surface area contributed by atoms with Crippen LogP contribution < -0.4 is 11.1 Å². The molecule has 2 atom stereocenters. The molecule has 0 aliphatic carbocycles. The molecule has 1 aliphatic heterocycles. The molecular formula is C18H13ClF4N6O2. The second kappa shape index (κ2) is 7.99. The highest BCUT2D eigenvalue weighted by atomic mass is 35.5. The average molecular weight is 457 g/mol. The number of hydrogen-bond donors (Lipinski definition) is 2. The summed E-state index contributed by atoms with van der Waals surface area (Å²) < 4.78 is 58.5. The number of halogens is 5. The maximum atomic E-state index is 14.5. The number of alkyl halides is 3. The van der Waals surface area contributed by atoms with Gasteiger partial charge < -0.3 is 15.8 Å². The summed E-state index contributed by atoms with van der Waals surface area (Å²) in [6.07, 6.45) is -6.72. The summed E-state index contributed by atoms with van der Waals surface area (Å²) in [6, 6.07) is 4.29. The van der Waals surface area contributed by atoms with Gasteiger partial charge in [0.2, 0.25) is 0 Å². The molecule has 2 aromatic rings. The number of carbonyl (C=O) groups is 1. The number of hydrogen-bond acceptors (Lipinski definition) is 7. The molecule has 13 heteroatoms.